The highest BCUT2D eigenvalue weighted by atomic mass is 16.2. The second kappa shape index (κ2) is 5.95. The summed E-state index contributed by atoms with van der Waals surface area (Å²) < 4.78 is 1.81. The Bertz CT molecular complexity index is 478. The summed E-state index contributed by atoms with van der Waals surface area (Å²) >= 11 is 0. The minimum absolute atomic E-state index is 0.0397. The first-order valence-corrected chi connectivity index (χ1v) is 7.49. The van der Waals surface area contributed by atoms with Gasteiger partial charge in [-0.1, -0.05) is 13.8 Å². The normalized spacial score (nSPS) is 21.3. The standard InChI is InChI=1S/C15H26N4O/c1-10(2)14-8-13(17-18(14)4)15(20)19-7-5-6-12(9-19)11(3)16/h8,10-12H,5-7,9,16H2,1-4H3/t11-,12+/m1/s1. The van der Waals surface area contributed by atoms with Gasteiger partial charge >= 0.3 is 0 Å². The molecule has 0 bridgehead atoms. The number of carbonyl (C=O) groups excluding carboxylic acids is 1. The van der Waals surface area contributed by atoms with Gasteiger partial charge in [0.15, 0.2) is 5.69 Å². The lowest BCUT2D eigenvalue weighted by Gasteiger charge is -2.34. The van der Waals surface area contributed by atoms with E-state index in [0.29, 0.717) is 17.5 Å². The summed E-state index contributed by atoms with van der Waals surface area (Å²) in [7, 11) is 1.90. The molecule has 0 saturated carbocycles. The fourth-order valence-electron chi connectivity index (χ4n) is 2.91. The Morgan fingerprint density at radius 1 is 1.45 bits per heavy atom. The highest BCUT2D eigenvalue weighted by molar-refractivity contribution is 5.92. The molecule has 0 spiro atoms. The summed E-state index contributed by atoms with van der Waals surface area (Å²) in [4.78, 5) is 14.5. The van der Waals surface area contributed by atoms with Gasteiger partial charge in [0.2, 0.25) is 0 Å². The summed E-state index contributed by atoms with van der Waals surface area (Å²) in [5.41, 5.74) is 7.63. The lowest BCUT2D eigenvalue weighted by atomic mass is 9.92. The number of amides is 1. The summed E-state index contributed by atoms with van der Waals surface area (Å²) in [5, 5.41) is 4.37. The van der Waals surface area contributed by atoms with E-state index in [-0.39, 0.29) is 11.9 Å². The van der Waals surface area contributed by atoms with E-state index in [1.54, 1.807) is 0 Å². The van der Waals surface area contributed by atoms with Crippen LogP contribution in [0.2, 0.25) is 0 Å². The maximum atomic E-state index is 12.6. The Morgan fingerprint density at radius 2 is 2.15 bits per heavy atom. The Kier molecular flexibility index (Phi) is 4.48. The first kappa shape index (κ1) is 15.0. The second-order valence-electron chi connectivity index (χ2n) is 6.25. The minimum atomic E-state index is 0.0397. The Hall–Kier alpha value is -1.36. The number of carbonyl (C=O) groups is 1. The van der Waals surface area contributed by atoms with Crippen LogP contribution in [0, 0.1) is 5.92 Å². The Morgan fingerprint density at radius 3 is 2.70 bits per heavy atom. The van der Waals surface area contributed by atoms with E-state index >= 15 is 0 Å². The maximum absolute atomic E-state index is 12.6. The number of nitrogens with zero attached hydrogens (tertiary/aromatic N) is 3. The van der Waals surface area contributed by atoms with Gasteiger partial charge in [-0.25, -0.2) is 0 Å². The zero-order valence-corrected chi connectivity index (χ0v) is 13.0. The van der Waals surface area contributed by atoms with Gasteiger partial charge in [0, 0.05) is 31.9 Å². The number of hydrogen-bond donors (Lipinski definition) is 1. The molecule has 5 heteroatoms. The summed E-state index contributed by atoms with van der Waals surface area (Å²) in [6.07, 6.45) is 2.14. The van der Waals surface area contributed by atoms with Crippen LogP contribution in [0.3, 0.4) is 0 Å². The van der Waals surface area contributed by atoms with Crippen molar-refractivity contribution in [1.82, 2.24) is 14.7 Å². The van der Waals surface area contributed by atoms with Crippen LogP contribution in [0.15, 0.2) is 6.07 Å². The molecule has 1 aliphatic rings. The topological polar surface area (TPSA) is 64.2 Å². The third-order valence-corrected chi connectivity index (χ3v) is 4.22. The fourth-order valence-corrected chi connectivity index (χ4v) is 2.91. The number of piperidine rings is 1. The van der Waals surface area contributed by atoms with Crippen LogP contribution in [-0.2, 0) is 7.05 Å². The molecular formula is C15H26N4O. The third-order valence-electron chi connectivity index (χ3n) is 4.22. The first-order valence-electron chi connectivity index (χ1n) is 7.49. The SMILES string of the molecule is CC(C)c1cc(C(=O)N2CCC[C@H]([C@@H](C)N)C2)nn1C. The third kappa shape index (κ3) is 3.03. The van der Waals surface area contributed by atoms with E-state index in [9.17, 15) is 4.79 Å². The van der Waals surface area contributed by atoms with E-state index < -0.39 is 0 Å². The van der Waals surface area contributed by atoms with Crippen molar-refractivity contribution in [3.05, 3.63) is 17.5 Å². The number of likely N-dealkylation sites (tertiary alicyclic amines) is 1. The average Bonchev–Trinajstić information content (AvgIpc) is 2.80. The Labute approximate surface area is 121 Å². The molecule has 20 heavy (non-hydrogen) atoms. The van der Waals surface area contributed by atoms with Crippen molar-refractivity contribution in [2.24, 2.45) is 18.7 Å². The number of hydrogen-bond acceptors (Lipinski definition) is 3. The summed E-state index contributed by atoms with van der Waals surface area (Å²) in [6.45, 7) is 7.81. The molecule has 1 amide bonds. The lowest BCUT2D eigenvalue weighted by Crippen LogP contribution is -2.45. The smallest absolute Gasteiger partial charge is 0.274 e. The van der Waals surface area contributed by atoms with Crippen molar-refractivity contribution in [2.45, 2.75) is 45.6 Å². The molecule has 0 radical (unpaired) electrons. The van der Waals surface area contributed by atoms with Crippen LogP contribution in [0.4, 0.5) is 0 Å². The highest BCUT2D eigenvalue weighted by Gasteiger charge is 2.28. The van der Waals surface area contributed by atoms with E-state index in [0.717, 1.165) is 31.6 Å². The van der Waals surface area contributed by atoms with E-state index in [1.807, 2.05) is 29.6 Å². The number of rotatable bonds is 3. The predicted octanol–water partition coefficient (Wildman–Crippen LogP) is 1.74. The molecule has 1 fully saturated rings. The van der Waals surface area contributed by atoms with Crippen molar-refractivity contribution in [3.8, 4) is 0 Å². The van der Waals surface area contributed by atoms with Crippen molar-refractivity contribution < 1.29 is 4.79 Å². The highest BCUT2D eigenvalue weighted by Crippen LogP contribution is 2.21. The van der Waals surface area contributed by atoms with Crippen LogP contribution >= 0.6 is 0 Å². The van der Waals surface area contributed by atoms with Gasteiger partial charge in [0.1, 0.15) is 0 Å². The van der Waals surface area contributed by atoms with Gasteiger partial charge in [-0.15, -0.1) is 0 Å². The minimum Gasteiger partial charge on any atom is -0.337 e. The van der Waals surface area contributed by atoms with Crippen molar-refractivity contribution in [1.29, 1.82) is 0 Å². The van der Waals surface area contributed by atoms with Crippen LogP contribution in [0.5, 0.6) is 0 Å². The number of aryl methyl sites for hydroxylation is 1. The zero-order valence-electron chi connectivity index (χ0n) is 13.0. The van der Waals surface area contributed by atoms with Crippen molar-refractivity contribution >= 4 is 5.91 Å². The monoisotopic (exact) mass is 278 g/mol. The Balaban J connectivity index is 2.13. The second-order valence-corrected chi connectivity index (χ2v) is 6.25. The quantitative estimate of drug-likeness (QED) is 0.916. The first-order chi connectivity index (χ1) is 9.40. The molecule has 2 rings (SSSR count). The van der Waals surface area contributed by atoms with Crippen LogP contribution in [-0.4, -0.2) is 39.7 Å². The molecule has 112 valence electrons. The maximum Gasteiger partial charge on any atom is 0.274 e. The molecule has 1 aliphatic heterocycles. The molecule has 1 aromatic heterocycles. The van der Waals surface area contributed by atoms with Crippen LogP contribution in [0.1, 0.15) is 55.7 Å². The van der Waals surface area contributed by atoms with Gasteiger partial charge in [0.05, 0.1) is 0 Å². The van der Waals surface area contributed by atoms with E-state index in [4.69, 9.17) is 5.73 Å². The largest absolute Gasteiger partial charge is 0.337 e. The number of nitrogens with two attached hydrogens (primary N) is 1. The van der Waals surface area contributed by atoms with E-state index in [2.05, 4.69) is 18.9 Å². The van der Waals surface area contributed by atoms with E-state index in [1.165, 1.54) is 0 Å². The van der Waals surface area contributed by atoms with Gasteiger partial charge < -0.3 is 10.6 Å². The van der Waals surface area contributed by atoms with Crippen LogP contribution in [0.25, 0.3) is 0 Å². The predicted molar refractivity (Wildman–Crippen MR) is 79.6 cm³/mol. The summed E-state index contributed by atoms with van der Waals surface area (Å²) in [5.74, 6) is 0.811. The fraction of sp³-hybridized carbons (Fsp3) is 0.733. The van der Waals surface area contributed by atoms with Gasteiger partial charge in [-0.3, -0.25) is 9.48 Å². The average molecular weight is 278 g/mol. The zero-order chi connectivity index (χ0) is 14.9. The molecule has 1 saturated heterocycles. The molecule has 0 aromatic carbocycles. The van der Waals surface area contributed by atoms with Crippen molar-refractivity contribution in [2.75, 3.05) is 13.1 Å². The molecule has 0 aliphatic carbocycles. The lowest BCUT2D eigenvalue weighted by molar-refractivity contribution is 0.0654. The summed E-state index contributed by atoms with van der Waals surface area (Å²) in [6, 6.07) is 2.06. The molecule has 2 atom stereocenters. The van der Waals surface area contributed by atoms with Gasteiger partial charge in [-0.05, 0) is 37.7 Å². The van der Waals surface area contributed by atoms with Gasteiger partial charge in [-0.2, -0.15) is 5.10 Å². The molecule has 1 aromatic rings. The molecule has 5 nitrogen and oxygen atoms in total. The molecular weight excluding hydrogens is 252 g/mol. The molecule has 0 unspecified atom stereocenters. The molecule has 2 N–H and O–H groups in total. The van der Waals surface area contributed by atoms with Crippen LogP contribution < -0.4 is 5.73 Å². The van der Waals surface area contributed by atoms with Gasteiger partial charge in [0.25, 0.3) is 5.91 Å². The number of aromatic nitrogens is 2. The molecule has 2 heterocycles. The van der Waals surface area contributed by atoms with Crippen molar-refractivity contribution in [3.63, 3.8) is 0 Å².